The number of benzene rings is 1. The first-order valence-corrected chi connectivity index (χ1v) is 18.7. The molecule has 1 aliphatic carbocycles. The number of aldehydes is 1. The third kappa shape index (κ3) is 5.14. The van der Waals surface area contributed by atoms with E-state index in [0.717, 1.165) is 12.8 Å². The van der Waals surface area contributed by atoms with E-state index < -0.39 is 18.4 Å². The van der Waals surface area contributed by atoms with Gasteiger partial charge in [-0.15, -0.1) is 0 Å². The molecule has 0 aromatic heterocycles. The van der Waals surface area contributed by atoms with Crippen LogP contribution in [0.15, 0.2) is 24.3 Å². The van der Waals surface area contributed by atoms with Crippen LogP contribution >= 0.6 is 0 Å². The molecule has 0 N–H and O–H groups in total. The van der Waals surface area contributed by atoms with Gasteiger partial charge in [0.15, 0.2) is 0 Å². The van der Waals surface area contributed by atoms with E-state index in [1.807, 2.05) is 0 Å². The zero-order valence-corrected chi connectivity index (χ0v) is 20.3. The Balaban J connectivity index is 2.31. The summed E-state index contributed by atoms with van der Waals surface area (Å²) in [6, 6.07) is 9.61. The molecule has 0 atom stereocenters. The van der Waals surface area contributed by atoms with E-state index in [-0.39, 0.29) is 5.41 Å². The molecular weight excluding hydrogens is 423 g/mol. The van der Waals surface area contributed by atoms with Crippen LogP contribution in [-0.2, 0) is 10.2 Å². The third-order valence-corrected chi connectivity index (χ3v) is 22.5. The van der Waals surface area contributed by atoms with Crippen molar-refractivity contribution in [3.63, 3.8) is 0 Å². The Morgan fingerprint density at radius 3 is 1.69 bits per heavy atom. The predicted octanol–water partition coefficient (Wildman–Crippen LogP) is 6.75. The van der Waals surface area contributed by atoms with Gasteiger partial charge >= 0.3 is 167 Å². The van der Waals surface area contributed by atoms with Crippen molar-refractivity contribution in [3.8, 4) is 0 Å². The molecule has 1 nitrogen and oxygen atoms in total. The second-order valence-electron chi connectivity index (χ2n) is 8.65. The van der Waals surface area contributed by atoms with Crippen molar-refractivity contribution >= 4 is 28.2 Å². The standard InChI is InChI=1S/C12H13O.3C4H9.Sn/c13-10-12(8-4-5-9-12)11-6-2-1-3-7-11;3*1-3-4-2;/h2-3,6-7,10H,4-5,8-9H2;3*1,3-4H2,2H3;. The summed E-state index contributed by atoms with van der Waals surface area (Å²) in [6.45, 7) is 7.02. The number of unbranched alkanes of at least 4 members (excludes halogenated alkanes) is 3. The molecule has 0 amide bonds. The van der Waals surface area contributed by atoms with Crippen LogP contribution in [0.25, 0.3) is 0 Å². The minimum absolute atomic E-state index is 0.174. The van der Waals surface area contributed by atoms with E-state index in [9.17, 15) is 4.79 Å². The Hall–Kier alpha value is -0.311. The summed E-state index contributed by atoms with van der Waals surface area (Å²) in [6.07, 6.45) is 13.9. The van der Waals surface area contributed by atoms with E-state index in [0.29, 0.717) is 0 Å². The maximum atomic E-state index is 11.8. The van der Waals surface area contributed by atoms with Gasteiger partial charge in [0.1, 0.15) is 0 Å². The van der Waals surface area contributed by atoms with E-state index in [4.69, 9.17) is 0 Å². The molecule has 0 aliphatic heterocycles. The van der Waals surface area contributed by atoms with Gasteiger partial charge in [0.2, 0.25) is 0 Å². The fraction of sp³-hybridized carbons (Fsp3) is 0.708. The van der Waals surface area contributed by atoms with Crippen LogP contribution in [-0.4, -0.2) is 24.7 Å². The van der Waals surface area contributed by atoms with E-state index >= 15 is 0 Å². The molecule has 146 valence electrons. The Labute approximate surface area is 166 Å². The third-order valence-electron chi connectivity index (χ3n) is 6.82. The molecule has 2 rings (SSSR count). The van der Waals surface area contributed by atoms with Crippen LogP contribution in [0.5, 0.6) is 0 Å². The first kappa shape index (κ1) is 22.0. The number of hydrogen-bond acceptors (Lipinski definition) is 1. The molecule has 0 saturated heterocycles. The van der Waals surface area contributed by atoms with Gasteiger partial charge in [0, 0.05) is 0 Å². The van der Waals surface area contributed by atoms with Crippen molar-refractivity contribution in [2.75, 3.05) is 0 Å². The number of rotatable bonds is 12. The monoisotopic (exact) mass is 464 g/mol. The van der Waals surface area contributed by atoms with Crippen molar-refractivity contribution in [1.82, 2.24) is 0 Å². The van der Waals surface area contributed by atoms with Crippen molar-refractivity contribution in [2.24, 2.45) is 0 Å². The fourth-order valence-electron chi connectivity index (χ4n) is 4.99. The Morgan fingerprint density at radius 1 is 0.846 bits per heavy atom. The Bertz CT molecular complexity index is 506. The molecule has 0 radical (unpaired) electrons. The minimum atomic E-state index is -2.32. The van der Waals surface area contributed by atoms with Gasteiger partial charge in [-0.05, 0) is 0 Å². The molecule has 0 heterocycles. The number of carbonyl (C=O) groups is 1. The molecule has 1 aliphatic rings. The molecule has 1 saturated carbocycles. The van der Waals surface area contributed by atoms with Crippen LogP contribution in [0, 0.1) is 0 Å². The second-order valence-corrected chi connectivity index (χ2v) is 21.9. The molecule has 1 aromatic carbocycles. The molecule has 1 fully saturated rings. The quantitative estimate of drug-likeness (QED) is 0.248. The van der Waals surface area contributed by atoms with E-state index in [1.54, 1.807) is 3.58 Å². The second kappa shape index (κ2) is 10.9. The first-order valence-electron chi connectivity index (χ1n) is 11.2. The molecule has 26 heavy (non-hydrogen) atoms. The summed E-state index contributed by atoms with van der Waals surface area (Å²) < 4.78 is 6.29. The van der Waals surface area contributed by atoms with Crippen molar-refractivity contribution in [1.29, 1.82) is 0 Å². The SMILES string of the molecule is CCC[CH2][Sn]([CH2]CCC)([CH2]CCC)[c]1ccc(C2(C=O)CCCC2)cc1. The van der Waals surface area contributed by atoms with Gasteiger partial charge < -0.3 is 0 Å². The van der Waals surface area contributed by atoms with Crippen LogP contribution in [0.1, 0.15) is 90.5 Å². The normalized spacial score (nSPS) is 16.7. The fourth-order valence-corrected chi connectivity index (χ4v) is 20.9. The molecule has 2 heteroatoms. The predicted molar refractivity (Wildman–Crippen MR) is 117 cm³/mol. The topological polar surface area (TPSA) is 17.1 Å². The molecule has 1 aromatic rings. The summed E-state index contributed by atoms with van der Waals surface area (Å²) in [5.74, 6) is 0. The zero-order chi connectivity index (χ0) is 18.9. The number of carbonyl (C=O) groups excluding carboxylic acids is 1. The molecule has 0 bridgehead atoms. The molecular formula is C24H40OSn. The van der Waals surface area contributed by atoms with Crippen molar-refractivity contribution < 1.29 is 4.79 Å². The Morgan fingerprint density at radius 2 is 1.31 bits per heavy atom. The van der Waals surface area contributed by atoms with Gasteiger partial charge in [0.25, 0.3) is 0 Å². The van der Waals surface area contributed by atoms with Crippen molar-refractivity contribution in [3.05, 3.63) is 29.8 Å². The first-order chi connectivity index (χ1) is 12.7. The summed E-state index contributed by atoms with van der Waals surface area (Å²) in [5.41, 5.74) is 1.11. The van der Waals surface area contributed by atoms with Gasteiger partial charge in [-0.3, -0.25) is 0 Å². The van der Waals surface area contributed by atoms with E-state index in [2.05, 4.69) is 45.0 Å². The Kier molecular flexibility index (Phi) is 9.20. The van der Waals surface area contributed by atoms with Gasteiger partial charge in [0.05, 0.1) is 0 Å². The van der Waals surface area contributed by atoms with Crippen LogP contribution < -0.4 is 3.58 Å². The van der Waals surface area contributed by atoms with Gasteiger partial charge in [-0.25, -0.2) is 0 Å². The average molecular weight is 463 g/mol. The van der Waals surface area contributed by atoms with Crippen molar-refractivity contribution in [2.45, 2.75) is 104 Å². The van der Waals surface area contributed by atoms with E-state index in [1.165, 1.54) is 76.5 Å². The number of hydrogen-bond donors (Lipinski definition) is 0. The average Bonchev–Trinajstić information content (AvgIpc) is 3.18. The summed E-state index contributed by atoms with van der Waals surface area (Å²) in [5, 5.41) is 0. The van der Waals surface area contributed by atoms with Gasteiger partial charge in [-0.2, -0.15) is 0 Å². The molecule has 0 unspecified atom stereocenters. The van der Waals surface area contributed by atoms with Gasteiger partial charge in [-0.1, -0.05) is 0 Å². The molecule has 0 spiro atoms. The zero-order valence-electron chi connectivity index (χ0n) is 17.5. The van der Waals surface area contributed by atoms with Crippen LogP contribution in [0.2, 0.25) is 13.3 Å². The van der Waals surface area contributed by atoms with Crippen LogP contribution in [0.3, 0.4) is 0 Å². The summed E-state index contributed by atoms with van der Waals surface area (Å²) in [4.78, 5) is 11.8. The summed E-state index contributed by atoms with van der Waals surface area (Å²) >= 11 is -2.32. The summed E-state index contributed by atoms with van der Waals surface area (Å²) in [7, 11) is 0. The maximum absolute atomic E-state index is 11.8. The van der Waals surface area contributed by atoms with Crippen LogP contribution in [0.4, 0.5) is 0 Å².